The van der Waals surface area contributed by atoms with Gasteiger partial charge in [0.15, 0.2) is 0 Å². The Balaban J connectivity index is 2.15. The van der Waals surface area contributed by atoms with Crippen LogP contribution in [0.5, 0.6) is 5.75 Å². The SMILES string of the molecule is CON(C)C(=O)[C@@H]1COc2ccc(Cl)cc2C1. The largest absolute Gasteiger partial charge is 0.492 e. The number of fused-ring (bicyclic) bond motifs is 1. The van der Waals surface area contributed by atoms with Crippen molar-refractivity contribution < 1.29 is 14.4 Å². The lowest BCUT2D eigenvalue weighted by molar-refractivity contribution is -0.174. The third kappa shape index (κ3) is 2.53. The lowest BCUT2D eigenvalue weighted by Gasteiger charge is -2.27. The van der Waals surface area contributed by atoms with Gasteiger partial charge in [0.25, 0.3) is 5.91 Å². The Labute approximate surface area is 105 Å². The molecule has 0 fully saturated rings. The summed E-state index contributed by atoms with van der Waals surface area (Å²) in [5.74, 6) is 0.502. The van der Waals surface area contributed by atoms with E-state index >= 15 is 0 Å². The molecule has 1 aliphatic rings. The lowest BCUT2D eigenvalue weighted by atomic mass is 9.96. The zero-order valence-corrected chi connectivity index (χ0v) is 10.5. The molecule has 0 unspecified atom stereocenters. The Morgan fingerprint density at radius 2 is 2.35 bits per heavy atom. The van der Waals surface area contributed by atoms with Crippen molar-refractivity contribution in [1.29, 1.82) is 0 Å². The van der Waals surface area contributed by atoms with Gasteiger partial charge in [-0.2, -0.15) is 0 Å². The average Bonchev–Trinajstić information content (AvgIpc) is 2.36. The van der Waals surface area contributed by atoms with Crippen molar-refractivity contribution >= 4 is 17.5 Å². The predicted octanol–water partition coefficient (Wildman–Crippen LogP) is 1.91. The van der Waals surface area contributed by atoms with Gasteiger partial charge in [-0.25, -0.2) is 5.06 Å². The number of halogens is 1. The first-order chi connectivity index (χ1) is 8.11. The molecule has 17 heavy (non-hydrogen) atoms. The maximum absolute atomic E-state index is 11.9. The molecule has 4 nitrogen and oxygen atoms in total. The van der Waals surface area contributed by atoms with Crippen LogP contribution in [0.25, 0.3) is 0 Å². The third-order valence-corrected chi connectivity index (χ3v) is 3.10. The first-order valence-corrected chi connectivity index (χ1v) is 5.72. The lowest BCUT2D eigenvalue weighted by Crippen LogP contribution is -2.38. The molecule has 92 valence electrons. The minimum Gasteiger partial charge on any atom is -0.492 e. The summed E-state index contributed by atoms with van der Waals surface area (Å²) in [5, 5.41) is 1.88. The van der Waals surface area contributed by atoms with Gasteiger partial charge < -0.3 is 4.74 Å². The van der Waals surface area contributed by atoms with E-state index in [1.54, 1.807) is 13.1 Å². The molecule has 1 aromatic rings. The van der Waals surface area contributed by atoms with Gasteiger partial charge in [0, 0.05) is 12.1 Å². The van der Waals surface area contributed by atoms with Gasteiger partial charge in [-0.1, -0.05) is 11.6 Å². The summed E-state index contributed by atoms with van der Waals surface area (Å²) in [6.07, 6.45) is 0.627. The van der Waals surface area contributed by atoms with Crippen LogP contribution in [0.2, 0.25) is 5.02 Å². The Kier molecular flexibility index (Phi) is 3.54. The number of hydrogen-bond donors (Lipinski definition) is 0. The predicted molar refractivity (Wildman–Crippen MR) is 63.9 cm³/mol. The number of rotatable bonds is 2. The van der Waals surface area contributed by atoms with Crippen LogP contribution in [-0.2, 0) is 16.1 Å². The highest BCUT2D eigenvalue weighted by atomic mass is 35.5. The van der Waals surface area contributed by atoms with E-state index in [4.69, 9.17) is 21.2 Å². The molecule has 5 heteroatoms. The van der Waals surface area contributed by atoms with Gasteiger partial charge >= 0.3 is 0 Å². The molecule has 0 N–H and O–H groups in total. The van der Waals surface area contributed by atoms with Crippen molar-refractivity contribution in [2.75, 3.05) is 20.8 Å². The third-order valence-electron chi connectivity index (χ3n) is 2.86. The standard InChI is InChI=1S/C12H14ClNO3/c1-14(16-2)12(15)9-5-8-6-10(13)3-4-11(8)17-7-9/h3-4,6,9H,5,7H2,1-2H3/t9-/m0/s1. The van der Waals surface area contributed by atoms with E-state index < -0.39 is 0 Å². The number of carbonyl (C=O) groups excluding carboxylic acids is 1. The van der Waals surface area contributed by atoms with Gasteiger partial charge in [-0.15, -0.1) is 0 Å². The van der Waals surface area contributed by atoms with Gasteiger partial charge in [0.05, 0.1) is 13.0 Å². The molecule has 0 aromatic heterocycles. The van der Waals surface area contributed by atoms with E-state index in [1.807, 2.05) is 12.1 Å². The Hall–Kier alpha value is -1.26. The fraction of sp³-hybridized carbons (Fsp3) is 0.417. The summed E-state index contributed by atoms with van der Waals surface area (Å²) >= 11 is 5.92. The van der Waals surface area contributed by atoms with Gasteiger partial charge in [-0.05, 0) is 30.2 Å². The van der Waals surface area contributed by atoms with Crippen LogP contribution in [0.1, 0.15) is 5.56 Å². The van der Waals surface area contributed by atoms with Crippen LogP contribution >= 0.6 is 11.6 Å². The molecule has 0 spiro atoms. The van der Waals surface area contributed by atoms with Crippen molar-refractivity contribution in [2.45, 2.75) is 6.42 Å². The molecule has 0 saturated carbocycles. The molecule has 1 atom stereocenters. The number of amides is 1. The van der Waals surface area contributed by atoms with Gasteiger partial charge in [0.2, 0.25) is 0 Å². The summed E-state index contributed by atoms with van der Waals surface area (Å²) in [4.78, 5) is 16.8. The first kappa shape index (κ1) is 12.2. The number of hydrogen-bond acceptors (Lipinski definition) is 3. The van der Waals surface area contributed by atoms with Gasteiger partial charge in [-0.3, -0.25) is 9.63 Å². The molecule has 1 aromatic carbocycles. The Bertz CT molecular complexity index is 436. The van der Waals surface area contributed by atoms with E-state index in [-0.39, 0.29) is 11.8 Å². The molecule has 0 bridgehead atoms. The quantitative estimate of drug-likeness (QED) is 0.758. The van der Waals surface area contributed by atoms with E-state index in [0.29, 0.717) is 18.1 Å². The topological polar surface area (TPSA) is 38.8 Å². The van der Waals surface area contributed by atoms with Crippen LogP contribution < -0.4 is 4.74 Å². The highest BCUT2D eigenvalue weighted by Crippen LogP contribution is 2.30. The zero-order chi connectivity index (χ0) is 12.4. The van der Waals surface area contributed by atoms with Gasteiger partial charge in [0.1, 0.15) is 12.4 Å². The number of ether oxygens (including phenoxy) is 1. The summed E-state index contributed by atoms with van der Waals surface area (Å²) in [6, 6.07) is 5.45. The molecule has 1 heterocycles. The smallest absolute Gasteiger partial charge is 0.252 e. The fourth-order valence-corrected chi connectivity index (χ4v) is 2.06. The average molecular weight is 256 g/mol. The second-order valence-corrected chi connectivity index (χ2v) is 4.42. The van der Waals surface area contributed by atoms with Crippen molar-refractivity contribution in [3.63, 3.8) is 0 Å². The Morgan fingerprint density at radius 1 is 1.59 bits per heavy atom. The fourth-order valence-electron chi connectivity index (χ4n) is 1.87. The number of hydroxylamine groups is 2. The van der Waals surface area contributed by atoms with E-state index in [9.17, 15) is 4.79 Å². The molecular formula is C12H14ClNO3. The number of carbonyl (C=O) groups is 1. The summed E-state index contributed by atoms with van der Waals surface area (Å²) in [5.41, 5.74) is 0.964. The van der Waals surface area contributed by atoms with E-state index in [1.165, 1.54) is 12.2 Å². The van der Waals surface area contributed by atoms with Crippen LogP contribution in [0.4, 0.5) is 0 Å². The molecule has 1 aliphatic heterocycles. The van der Waals surface area contributed by atoms with Crippen LogP contribution in [-0.4, -0.2) is 31.7 Å². The second-order valence-electron chi connectivity index (χ2n) is 3.98. The minimum absolute atomic E-state index is 0.0851. The zero-order valence-electron chi connectivity index (χ0n) is 9.77. The van der Waals surface area contributed by atoms with Crippen molar-refractivity contribution in [1.82, 2.24) is 5.06 Å². The van der Waals surface area contributed by atoms with Crippen LogP contribution in [0, 0.1) is 5.92 Å². The first-order valence-electron chi connectivity index (χ1n) is 5.34. The van der Waals surface area contributed by atoms with Crippen molar-refractivity contribution in [3.05, 3.63) is 28.8 Å². The van der Waals surface area contributed by atoms with Crippen LogP contribution in [0.15, 0.2) is 18.2 Å². The molecule has 2 rings (SSSR count). The highest BCUT2D eigenvalue weighted by Gasteiger charge is 2.28. The molecule has 0 saturated heterocycles. The second kappa shape index (κ2) is 4.94. The highest BCUT2D eigenvalue weighted by molar-refractivity contribution is 6.30. The van der Waals surface area contributed by atoms with Crippen molar-refractivity contribution in [3.8, 4) is 5.75 Å². The summed E-state index contributed by atoms with van der Waals surface area (Å²) < 4.78 is 5.55. The van der Waals surface area contributed by atoms with Crippen LogP contribution in [0.3, 0.4) is 0 Å². The van der Waals surface area contributed by atoms with E-state index in [2.05, 4.69) is 0 Å². The molecule has 0 aliphatic carbocycles. The minimum atomic E-state index is -0.217. The molecule has 0 radical (unpaired) electrons. The Morgan fingerprint density at radius 3 is 3.06 bits per heavy atom. The number of nitrogens with zero attached hydrogens (tertiary/aromatic N) is 1. The molecular weight excluding hydrogens is 242 g/mol. The molecule has 1 amide bonds. The summed E-state index contributed by atoms with van der Waals surface area (Å²) in [7, 11) is 3.06. The maximum Gasteiger partial charge on any atom is 0.252 e. The summed E-state index contributed by atoms with van der Waals surface area (Å²) in [6.45, 7) is 0.376. The monoisotopic (exact) mass is 255 g/mol. The normalized spacial score (nSPS) is 18.2. The maximum atomic E-state index is 11.9. The van der Waals surface area contributed by atoms with E-state index in [0.717, 1.165) is 11.3 Å². The van der Waals surface area contributed by atoms with Crippen molar-refractivity contribution in [2.24, 2.45) is 5.92 Å². The number of benzene rings is 1.